The average Bonchev–Trinajstić information content (AvgIpc) is 2.86. The lowest BCUT2D eigenvalue weighted by molar-refractivity contribution is -0.137. The van der Waals surface area contributed by atoms with Gasteiger partial charge in [-0.05, 0) is 30.0 Å². The molecule has 1 aliphatic rings. The van der Waals surface area contributed by atoms with Gasteiger partial charge in [-0.1, -0.05) is 32.0 Å². The van der Waals surface area contributed by atoms with E-state index in [2.05, 4.69) is 20.3 Å². The second-order valence-electron chi connectivity index (χ2n) is 9.25. The molecule has 12 heteroatoms. The van der Waals surface area contributed by atoms with E-state index < -0.39 is 30.5 Å². The summed E-state index contributed by atoms with van der Waals surface area (Å²) in [6.07, 6.45) is -2.35. The molecule has 1 atom stereocenters. The van der Waals surface area contributed by atoms with Crippen LogP contribution in [-0.2, 0) is 11.6 Å². The van der Waals surface area contributed by atoms with Gasteiger partial charge in [-0.2, -0.15) is 18.2 Å². The molecule has 1 unspecified atom stereocenters. The van der Waals surface area contributed by atoms with E-state index in [4.69, 9.17) is 9.84 Å². The summed E-state index contributed by atoms with van der Waals surface area (Å²) in [6, 6.07) is 7.78. The Balaban J connectivity index is 1.62. The minimum absolute atomic E-state index is 0.0374. The van der Waals surface area contributed by atoms with Crippen LogP contribution < -0.4 is 15.0 Å². The Kier molecular flexibility index (Phi) is 7.32. The quantitative estimate of drug-likeness (QED) is 0.452. The lowest BCUT2D eigenvalue weighted by Gasteiger charge is -2.38. The molecular weight excluding hydrogens is 491 g/mol. The third-order valence-electron chi connectivity index (χ3n) is 6.03. The Bertz CT molecular complexity index is 1290. The Hall–Kier alpha value is -3.77. The highest BCUT2D eigenvalue weighted by Crippen LogP contribution is 2.40. The molecule has 1 aromatic carbocycles. The van der Waals surface area contributed by atoms with E-state index in [1.165, 1.54) is 29.4 Å². The van der Waals surface area contributed by atoms with Gasteiger partial charge in [0, 0.05) is 17.7 Å². The molecular formula is C25H26F3N5O4. The van der Waals surface area contributed by atoms with E-state index in [1.54, 1.807) is 12.1 Å². The summed E-state index contributed by atoms with van der Waals surface area (Å²) in [4.78, 5) is 27.4. The number of hydrogen-bond donors (Lipinski definition) is 3. The summed E-state index contributed by atoms with van der Waals surface area (Å²) in [5.74, 6) is 0.465. The number of aliphatic hydroxyl groups excluding tert-OH is 2. The molecule has 3 aromatic rings. The summed E-state index contributed by atoms with van der Waals surface area (Å²) >= 11 is 0. The number of alkyl halides is 3. The molecule has 0 saturated heterocycles. The summed E-state index contributed by atoms with van der Waals surface area (Å²) in [6.45, 7) is 3.65. The van der Waals surface area contributed by atoms with Crippen molar-refractivity contribution in [3.63, 3.8) is 0 Å². The van der Waals surface area contributed by atoms with Crippen molar-refractivity contribution in [2.75, 3.05) is 30.0 Å². The van der Waals surface area contributed by atoms with Gasteiger partial charge >= 0.3 is 12.2 Å². The summed E-state index contributed by atoms with van der Waals surface area (Å²) in [7, 11) is 0. The van der Waals surface area contributed by atoms with Crippen molar-refractivity contribution in [1.29, 1.82) is 0 Å². The number of nitrogens with one attached hydrogen (secondary N) is 1. The van der Waals surface area contributed by atoms with Crippen molar-refractivity contribution in [1.82, 2.24) is 15.0 Å². The van der Waals surface area contributed by atoms with Crippen LogP contribution in [0.3, 0.4) is 0 Å². The van der Waals surface area contributed by atoms with E-state index in [9.17, 15) is 23.1 Å². The standard InChI is InChI=1S/C25H26F3N5O4/c1-24(2)8-9-33(23(36)32-20-11-29-12-21(31-20)37-14-17(35)13-34)22-18(24)6-7-19(30-22)15-4-3-5-16(10-15)25(26,27)28/h3-7,10-12,17,34-35H,8-9,13-14H2,1-2H3,(H,31,32,36). The van der Waals surface area contributed by atoms with Crippen LogP contribution in [0.5, 0.6) is 5.88 Å². The van der Waals surface area contributed by atoms with E-state index in [1.807, 2.05) is 13.8 Å². The van der Waals surface area contributed by atoms with Crippen molar-refractivity contribution in [3.05, 3.63) is 59.9 Å². The predicted octanol–water partition coefficient (Wildman–Crippen LogP) is 4.01. The number of hydrogen-bond acceptors (Lipinski definition) is 7. The number of aromatic nitrogens is 3. The van der Waals surface area contributed by atoms with Gasteiger partial charge in [-0.15, -0.1) is 0 Å². The van der Waals surface area contributed by atoms with Gasteiger partial charge in [0.15, 0.2) is 5.82 Å². The maximum atomic E-state index is 13.2. The van der Waals surface area contributed by atoms with Crippen LogP contribution in [0.25, 0.3) is 11.3 Å². The van der Waals surface area contributed by atoms with E-state index in [0.29, 0.717) is 24.5 Å². The van der Waals surface area contributed by atoms with Gasteiger partial charge in [0.1, 0.15) is 18.5 Å². The Morgan fingerprint density at radius 3 is 2.73 bits per heavy atom. The monoisotopic (exact) mass is 517 g/mol. The van der Waals surface area contributed by atoms with Crippen LogP contribution >= 0.6 is 0 Å². The second-order valence-corrected chi connectivity index (χ2v) is 9.25. The molecule has 4 rings (SSSR count). The fraction of sp³-hybridized carbons (Fsp3) is 0.360. The summed E-state index contributed by atoms with van der Waals surface area (Å²) < 4.78 is 45.0. The number of carbonyl (C=O) groups is 1. The highest BCUT2D eigenvalue weighted by molar-refractivity contribution is 6.01. The molecule has 1 aliphatic heterocycles. The van der Waals surface area contributed by atoms with Crippen molar-refractivity contribution >= 4 is 17.7 Å². The molecule has 0 saturated carbocycles. The van der Waals surface area contributed by atoms with Gasteiger partial charge in [0.2, 0.25) is 5.88 Å². The highest BCUT2D eigenvalue weighted by Gasteiger charge is 2.36. The van der Waals surface area contributed by atoms with Gasteiger partial charge in [0.05, 0.1) is 30.3 Å². The first-order chi connectivity index (χ1) is 17.5. The van der Waals surface area contributed by atoms with Crippen molar-refractivity contribution in [2.24, 2.45) is 0 Å². The average molecular weight is 518 g/mol. The molecule has 0 radical (unpaired) electrons. The topological polar surface area (TPSA) is 121 Å². The molecule has 3 N–H and O–H groups in total. The zero-order valence-corrected chi connectivity index (χ0v) is 20.2. The number of halogens is 3. The van der Waals surface area contributed by atoms with Crippen molar-refractivity contribution in [2.45, 2.75) is 38.0 Å². The molecule has 0 aliphatic carbocycles. The fourth-order valence-corrected chi connectivity index (χ4v) is 3.92. The van der Waals surface area contributed by atoms with E-state index in [0.717, 1.165) is 17.7 Å². The maximum absolute atomic E-state index is 13.2. The molecule has 2 aromatic heterocycles. The first-order valence-electron chi connectivity index (χ1n) is 11.5. The maximum Gasteiger partial charge on any atom is 0.416 e. The van der Waals surface area contributed by atoms with Crippen LogP contribution in [0.4, 0.5) is 29.6 Å². The smallest absolute Gasteiger partial charge is 0.416 e. The van der Waals surface area contributed by atoms with Crippen molar-refractivity contribution in [3.8, 4) is 17.1 Å². The summed E-state index contributed by atoms with van der Waals surface area (Å²) in [5.41, 5.74) is 0.268. The number of amides is 2. The van der Waals surface area contributed by atoms with Gasteiger partial charge in [0.25, 0.3) is 0 Å². The minimum Gasteiger partial charge on any atom is -0.474 e. The number of benzene rings is 1. The third-order valence-corrected chi connectivity index (χ3v) is 6.03. The fourth-order valence-electron chi connectivity index (χ4n) is 3.92. The van der Waals surface area contributed by atoms with E-state index in [-0.39, 0.29) is 29.3 Å². The molecule has 0 fully saturated rings. The van der Waals surface area contributed by atoms with Crippen LogP contribution in [0.15, 0.2) is 48.8 Å². The second kappa shape index (κ2) is 10.3. The molecule has 196 valence electrons. The van der Waals surface area contributed by atoms with Crippen LogP contribution in [0.2, 0.25) is 0 Å². The molecule has 0 bridgehead atoms. The zero-order chi connectivity index (χ0) is 26.8. The number of anilines is 2. The molecule has 3 heterocycles. The molecule has 0 spiro atoms. The first kappa shape index (κ1) is 26.3. The largest absolute Gasteiger partial charge is 0.474 e. The Labute approximate surface area is 211 Å². The normalized spacial score (nSPS) is 15.6. The number of carbonyl (C=O) groups excluding carboxylic acids is 1. The number of urea groups is 1. The van der Waals surface area contributed by atoms with Crippen LogP contribution in [-0.4, -0.2) is 57.1 Å². The number of aliphatic hydroxyl groups is 2. The number of pyridine rings is 1. The number of fused-ring (bicyclic) bond motifs is 1. The van der Waals surface area contributed by atoms with E-state index >= 15 is 0 Å². The zero-order valence-electron chi connectivity index (χ0n) is 20.2. The number of rotatable bonds is 6. The molecule has 9 nitrogen and oxygen atoms in total. The SMILES string of the molecule is CC1(C)CCN(C(=O)Nc2cncc(OCC(O)CO)n2)c2nc(-c3cccc(C(F)(F)F)c3)ccc21. The van der Waals surface area contributed by atoms with Crippen molar-refractivity contribution < 1.29 is 32.9 Å². The summed E-state index contributed by atoms with van der Waals surface area (Å²) in [5, 5.41) is 21.0. The van der Waals surface area contributed by atoms with Gasteiger partial charge in [-0.25, -0.2) is 9.78 Å². The lowest BCUT2D eigenvalue weighted by atomic mass is 9.79. The Morgan fingerprint density at radius 2 is 2.00 bits per heavy atom. The van der Waals surface area contributed by atoms with Crippen LogP contribution in [0.1, 0.15) is 31.4 Å². The predicted molar refractivity (Wildman–Crippen MR) is 129 cm³/mol. The lowest BCUT2D eigenvalue weighted by Crippen LogP contribution is -2.44. The number of ether oxygens (including phenoxy) is 1. The van der Waals surface area contributed by atoms with Gasteiger partial charge in [-0.3, -0.25) is 15.2 Å². The highest BCUT2D eigenvalue weighted by atomic mass is 19.4. The first-order valence-corrected chi connectivity index (χ1v) is 11.5. The third kappa shape index (κ3) is 5.97. The number of nitrogens with zero attached hydrogens (tertiary/aromatic N) is 4. The minimum atomic E-state index is -4.49. The molecule has 2 amide bonds. The molecule has 37 heavy (non-hydrogen) atoms. The Morgan fingerprint density at radius 1 is 1.22 bits per heavy atom. The van der Waals surface area contributed by atoms with Gasteiger partial charge < -0.3 is 14.9 Å². The van der Waals surface area contributed by atoms with Crippen LogP contribution in [0, 0.1) is 0 Å².